The van der Waals surface area contributed by atoms with Crippen molar-refractivity contribution in [2.45, 2.75) is 17.4 Å². The highest BCUT2D eigenvalue weighted by Gasteiger charge is 2.36. The molecule has 2 fully saturated rings. The number of nitrogens with zero attached hydrogens (tertiary/aromatic N) is 3. The number of benzene rings is 1. The molecule has 146 valence electrons. The molecule has 1 N–H and O–H groups in total. The zero-order chi connectivity index (χ0) is 18.0. The van der Waals surface area contributed by atoms with Crippen LogP contribution in [0.25, 0.3) is 0 Å². The fraction of sp³-hybridized carbons (Fsp3) is 0.600. The van der Waals surface area contributed by atoms with E-state index in [0.717, 1.165) is 32.6 Å². The zero-order valence-electron chi connectivity index (χ0n) is 14.5. The molecule has 1 aromatic rings. The van der Waals surface area contributed by atoms with Gasteiger partial charge in [-0.3, -0.25) is 15.0 Å². The molecule has 0 bridgehead atoms. The van der Waals surface area contributed by atoms with Gasteiger partial charge in [-0.25, -0.2) is 8.42 Å². The predicted molar refractivity (Wildman–Crippen MR) is 98.5 cm³/mol. The van der Waals surface area contributed by atoms with E-state index in [1.165, 1.54) is 29.6 Å². The second kappa shape index (κ2) is 8.49. The third kappa shape index (κ3) is 4.09. The Kier molecular flexibility index (Phi) is 6.80. The SMILES string of the molecule is COc1cc(S(=O)(=O)N2CCC(N3CCNCC3)C2)ccc1[N+](=O)[O-].Cl. The number of hydrogen-bond donors (Lipinski definition) is 1. The average Bonchev–Trinajstić information content (AvgIpc) is 3.12. The molecule has 0 saturated carbocycles. The van der Waals surface area contributed by atoms with Crippen LogP contribution in [0, 0.1) is 10.1 Å². The number of halogens is 1. The summed E-state index contributed by atoms with van der Waals surface area (Å²) >= 11 is 0. The molecule has 1 unspecified atom stereocenters. The topological polar surface area (TPSA) is 105 Å². The first-order chi connectivity index (χ1) is 11.9. The van der Waals surface area contributed by atoms with Crippen LogP contribution in [0.4, 0.5) is 5.69 Å². The number of hydrogen-bond acceptors (Lipinski definition) is 7. The van der Waals surface area contributed by atoms with E-state index >= 15 is 0 Å². The number of rotatable bonds is 5. The minimum atomic E-state index is -3.70. The standard InChI is InChI=1S/C15H22N4O5S.ClH/c1-24-15-10-13(2-3-14(15)19(20)21)25(22,23)18-7-4-12(11-18)17-8-5-16-6-9-17;/h2-3,10,12,16H,4-9,11H2,1H3;1H. The molecule has 2 aliphatic heterocycles. The van der Waals surface area contributed by atoms with E-state index < -0.39 is 14.9 Å². The van der Waals surface area contributed by atoms with E-state index in [1.807, 2.05) is 0 Å². The van der Waals surface area contributed by atoms with E-state index in [4.69, 9.17) is 4.74 Å². The quantitative estimate of drug-likeness (QED) is 0.566. The van der Waals surface area contributed by atoms with Crippen molar-refractivity contribution in [1.29, 1.82) is 0 Å². The monoisotopic (exact) mass is 406 g/mol. The maximum Gasteiger partial charge on any atom is 0.310 e. The molecule has 1 atom stereocenters. The van der Waals surface area contributed by atoms with Gasteiger partial charge in [-0.05, 0) is 12.5 Å². The molecule has 1 aromatic carbocycles. The Balaban J connectivity index is 0.00000243. The van der Waals surface area contributed by atoms with Gasteiger partial charge >= 0.3 is 5.69 Å². The first kappa shape index (κ1) is 20.8. The van der Waals surface area contributed by atoms with Crippen molar-refractivity contribution >= 4 is 28.1 Å². The number of sulfonamides is 1. The highest BCUT2D eigenvalue weighted by molar-refractivity contribution is 7.89. The smallest absolute Gasteiger partial charge is 0.310 e. The Labute approximate surface area is 158 Å². The van der Waals surface area contributed by atoms with Crippen LogP contribution in [0.5, 0.6) is 5.75 Å². The van der Waals surface area contributed by atoms with Crippen molar-refractivity contribution in [3.8, 4) is 5.75 Å². The van der Waals surface area contributed by atoms with Crippen molar-refractivity contribution in [3.05, 3.63) is 28.3 Å². The van der Waals surface area contributed by atoms with Crippen LogP contribution in [0.3, 0.4) is 0 Å². The average molecular weight is 407 g/mol. The minimum absolute atomic E-state index is 0. The maximum atomic E-state index is 12.9. The molecule has 2 heterocycles. The van der Waals surface area contributed by atoms with Gasteiger partial charge in [0, 0.05) is 57.4 Å². The van der Waals surface area contributed by atoms with Gasteiger partial charge in [-0.15, -0.1) is 12.4 Å². The summed E-state index contributed by atoms with van der Waals surface area (Å²) in [6, 6.07) is 3.90. The van der Waals surface area contributed by atoms with Crippen LogP contribution in [-0.4, -0.2) is 75.0 Å². The lowest BCUT2D eigenvalue weighted by atomic mass is 10.2. The summed E-state index contributed by atoms with van der Waals surface area (Å²) in [5.74, 6) is -0.0519. The van der Waals surface area contributed by atoms with E-state index in [-0.39, 0.29) is 34.8 Å². The van der Waals surface area contributed by atoms with E-state index in [9.17, 15) is 18.5 Å². The van der Waals surface area contributed by atoms with Crippen LogP contribution in [-0.2, 0) is 10.0 Å². The molecular formula is C15H23ClN4O5S. The molecule has 0 amide bonds. The van der Waals surface area contributed by atoms with Gasteiger partial charge in [-0.1, -0.05) is 0 Å². The lowest BCUT2D eigenvalue weighted by Gasteiger charge is -2.32. The normalized spacial score (nSPS) is 22.0. The fourth-order valence-corrected chi connectivity index (χ4v) is 4.90. The number of methoxy groups -OCH3 is 1. The molecule has 2 aliphatic rings. The Morgan fingerprint density at radius 1 is 1.27 bits per heavy atom. The van der Waals surface area contributed by atoms with Crippen molar-refractivity contribution < 1.29 is 18.1 Å². The van der Waals surface area contributed by atoms with E-state index in [2.05, 4.69) is 10.2 Å². The lowest BCUT2D eigenvalue weighted by molar-refractivity contribution is -0.385. The summed E-state index contributed by atoms with van der Waals surface area (Å²) < 4.78 is 32.2. The highest BCUT2D eigenvalue weighted by Crippen LogP contribution is 2.32. The van der Waals surface area contributed by atoms with Gasteiger partial charge in [0.25, 0.3) is 0 Å². The van der Waals surface area contributed by atoms with Crippen LogP contribution >= 0.6 is 12.4 Å². The van der Waals surface area contributed by atoms with Crippen molar-refractivity contribution in [3.63, 3.8) is 0 Å². The lowest BCUT2D eigenvalue weighted by Crippen LogP contribution is -2.49. The molecule has 0 aliphatic carbocycles. The fourth-order valence-electron chi connectivity index (χ4n) is 3.39. The summed E-state index contributed by atoms with van der Waals surface area (Å²) in [6.07, 6.45) is 0.795. The Bertz CT molecular complexity index is 754. The molecule has 11 heteroatoms. The van der Waals surface area contributed by atoms with Crippen molar-refractivity contribution in [1.82, 2.24) is 14.5 Å². The third-order valence-corrected chi connectivity index (χ3v) is 6.64. The third-order valence-electron chi connectivity index (χ3n) is 4.78. The summed E-state index contributed by atoms with van der Waals surface area (Å²) in [4.78, 5) is 12.7. The minimum Gasteiger partial charge on any atom is -0.490 e. The van der Waals surface area contributed by atoms with Crippen LogP contribution in [0.1, 0.15) is 6.42 Å². The van der Waals surface area contributed by atoms with Gasteiger partial charge in [0.15, 0.2) is 5.75 Å². The van der Waals surface area contributed by atoms with E-state index in [1.54, 1.807) is 0 Å². The molecule has 3 rings (SSSR count). The first-order valence-corrected chi connectivity index (χ1v) is 9.65. The largest absolute Gasteiger partial charge is 0.490 e. The Morgan fingerprint density at radius 3 is 2.58 bits per heavy atom. The molecule has 2 saturated heterocycles. The first-order valence-electron chi connectivity index (χ1n) is 8.21. The second-order valence-corrected chi connectivity index (χ2v) is 8.12. The Morgan fingerprint density at radius 2 is 1.96 bits per heavy atom. The molecule has 0 spiro atoms. The van der Waals surface area contributed by atoms with Gasteiger partial charge in [0.05, 0.1) is 16.9 Å². The van der Waals surface area contributed by atoms with Crippen molar-refractivity contribution in [2.75, 3.05) is 46.4 Å². The van der Waals surface area contributed by atoms with Gasteiger partial charge in [0.1, 0.15) is 0 Å². The maximum absolute atomic E-state index is 12.9. The summed E-state index contributed by atoms with van der Waals surface area (Å²) in [7, 11) is -2.41. The number of nitrogens with one attached hydrogen (secondary N) is 1. The number of nitro benzene ring substituents is 1. The summed E-state index contributed by atoms with van der Waals surface area (Å²) in [6.45, 7) is 4.58. The molecule has 9 nitrogen and oxygen atoms in total. The highest BCUT2D eigenvalue weighted by atomic mass is 35.5. The van der Waals surface area contributed by atoms with Gasteiger partial charge < -0.3 is 10.1 Å². The Hall–Kier alpha value is -1.46. The number of piperazine rings is 1. The zero-order valence-corrected chi connectivity index (χ0v) is 16.1. The summed E-state index contributed by atoms with van der Waals surface area (Å²) in [5.41, 5.74) is -0.249. The van der Waals surface area contributed by atoms with Crippen molar-refractivity contribution in [2.24, 2.45) is 0 Å². The van der Waals surface area contributed by atoms with Crippen LogP contribution in [0.15, 0.2) is 23.1 Å². The molecule has 0 radical (unpaired) electrons. The van der Waals surface area contributed by atoms with Crippen LogP contribution < -0.4 is 10.1 Å². The second-order valence-electron chi connectivity index (χ2n) is 6.18. The predicted octanol–water partition coefficient (Wildman–Crippen LogP) is 0.693. The van der Waals surface area contributed by atoms with Gasteiger partial charge in [-0.2, -0.15) is 4.31 Å². The number of ether oxygens (including phenoxy) is 1. The van der Waals surface area contributed by atoms with Crippen LogP contribution in [0.2, 0.25) is 0 Å². The molecular weight excluding hydrogens is 384 g/mol. The molecule has 0 aromatic heterocycles. The molecule has 26 heavy (non-hydrogen) atoms. The summed E-state index contributed by atoms with van der Waals surface area (Å²) in [5, 5.41) is 14.3. The number of nitro groups is 1. The van der Waals surface area contributed by atoms with E-state index in [0.29, 0.717) is 13.1 Å². The van der Waals surface area contributed by atoms with Gasteiger partial charge in [0.2, 0.25) is 10.0 Å².